The molecule has 1 nitrogen and oxygen atoms in total. The molecule has 2 rings (SSSR count). The van der Waals surface area contributed by atoms with Crippen molar-refractivity contribution in [2.75, 3.05) is 13.1 Å². The molecule has 0 amide bonds. The van der Waals surface area contributed by atoms with E-state index in [0.29, 0.717) is 18.5 Å². The fraction of sp³-hybridized carbons (Fsp3) is 0.714. The predicted molar refractivity (Wildman–Crippen MR) is 33.5 cm³/mol. The third kappa shape index (κ3) is 0.697. The van der Waals surface area contributed by atoms with Crippen LogP contribution in [0.1, 0.15) is 12.8 Å². The lowest BCUT2D eigenvalue weighted by atomic mass is 9.79. The van der Waals surface area contributed by atoms with Gasteiger partial charge < -0.3 is 0 Å². The van der Waals surface area contributed by atoms with Gasteiger partial charge in [0.25, 0.3) is 0 Å². The molecule has 1 saturated heterocycles. The van der Waals surface area contributed by atoms with Crippen LogP contribution in [0.4, 0.5) is 4.48 Å². The summed E-state index contributed by atoms with van der Waals surface area (Å²) in [5.41, 5.74) is 0.328. The van der Waals surface area contributed by atoms with Crippen molar-refractivity contribution in [3.63, 3.8) is 0 Å². The molecule has 0 aromatic rings. The Labute approximate surface area is 54.1 Å². The molecule has 0 aromatic carbocycles. The maximum Gasteiger partial charge on any atom is 0.0366 e. The highest BCUT2D eigenvalue weighted by atomic mass is 19.2. The molecule has 9 heavy (non-hydrogen) atoms. The van der Waals surface area contributed by atoms with Gasteiger partial charge in [-0.3, -0.25) is 0 Å². The number of halogens is 1. The van der Waals surface area contributed by atoms with E-state index in [1.165, 1.54) is 0 Å². The Bertz CT molecular complexity index is 137. The van der Waals surface area contributed by atoms with Gasteiger partial charge in [-0.05, 0) is 12.8 Å². The average Bonchev–Trinajstić information content (AvgIpc) is 2.12. The van der Waals surface area contributed by atoms with E-state index in [1.807, 2.05) is 0 Å². The smallest absolute Gasteiger partial charge is 0.0366 e. The zero-order chi connectivity index (χ0) is 6.32. The van der Waals surface area contributed by atoms with Crippen LogP contribution in [0.2, 0.25) is 0 Å². The average molecular weight is 127 g/mol. The highest BCUT2D eigenvalue weighted by molar-refractivity contribution is 5.08. The van der Waals surface area contributed by atoms with Crippen LogP contribution in [-0.4, -0.2) is 18.2 Å². The van der Waals surface area contributed by atoms with E-state index < -0.39 is 0 Å². The Hall–Kier alpha value is -0.370. The van der Waals surface area contributed by atoms with Crippen LogP contribution >= 0.6 is 0 Å². The normalized spacial score (nSPS) is 31.2. The van der Waals surface area contributed by atoms with Crippen molar-refractivity contribution in [2.24, 2.45) is 5.41 Å². The summed E-state index contributed by atoms with van der Waals surface area (Å²) in [6, 6.07) is 0. The summed E-state index contributed by atoms with van der Waals surface area (Å²) in [5.74, 6) is 0. The van der Waals surface area contributed by atoms with Crippen LogP contribution in [0, 0.1) is 5.41 Å². The summed E-state index contributed by atoms with van der Waals surface area (Å²) in [5, 5.41) is 0.896. The summed E-state index contributed by atoms with van der Waals surface area (Å²) >= 11 is 0. The molecule has 2 aliphatic rings. The third-order valence-corrected chi connectivity index (χ3v) is 2.28. The van der Waals surface area contributed by atoms with Crippen molar-refractivity contribution in [2.45, 2.75) is 12.8 Å². The first kappa shape index (κ1) is 5.42. The molecule has 50 valence electrons. The number of nitrogens with zero attached hydrogens (tertiary/aromatic N) is 1. The van der Waals surface area contributed by atoms with Gasteiger partial charge in [-0.2, -0.15) is 0 Å². The highest BCUT2D eigenvalue weighted by Gasteiger charge is 2.43. The second kappa shape index (κ2) is 1.57. The molecule has 0 bridgehead atoms. The van der Waals surface area contributed by atoms with Crippen molar-refractivity contribution in [3.8, 4) is 0 Å². The number of allylic oxidation sites excluding steroid dienone is 2. The summed E-state index contributed by atoms with van der Waals surface area (Å²) in [7, 11) is 0. The van der Waals surface area contributed by atoms with Gasteiger partial charge in [0.1, 0.15) is 0 Å². The monoisotopic (exact) mass is 127 g/mol. The SMILES string of the molecule is FN1CC2(CC=CC2)C1. The van der Waals surface area contributed by atoms with Gasteiger partial charge >= 0.3 is 0 Å². The van der Waals surface area contributed by atoms with E-state index in [2.05, 4.69) is 12.2 Å². The lowest BCUT2D eigenvalue weighted by molar-refractivity contribution is -0.127. The maximum absolute atomic E-state index is 12.2. The van der Waals surface area contributed by atoms with Crippen LogP contribution in [0.15, 0.2) is 12.2 Å². The van der Waals surface area contributed by atoms with Crippen molar-refractivity contribution in [1.82, 2.24) is 5.12 Å². The summed E-state index contributed by atoms with van der Waals surface area (Å²) in [6.07, 6.45) is 6.50. The van der Waals surface area contributed by atoms with E-state index in [-0.39, 0.29) is 0 Å². The Morgan fingerprint density at radius 1 is 1.22 bits per heavy atom. The lowest BCUT2D eigenvalue weighted by Crippen LogP contribution is -2.50. The Kier molecular flexibility index (Phi) is 0.943. The van der Waals surface area contributed by atoms with Crippen LogP contribution in [0.25, 0.3) is 0 Å². The highest BCUT2D eigenvalue weighted by Crippen LogP contribution is 2.41. The molecule has 1 aliphatic carbocycles. The molecule has 0 aromatic heterocycles. The summed E-state index contributed by atoms with van der Waals surface area (Å²) < 4.78 is 12.2. The minimum absolute atomic E-state index is 0.328. The molecule has 1 fully saturated rings. The fourth-order valence-corrected chi connectivity index (χ4v) is 1.69. The second-order valence-electron chi connectivity index (χ2n) is 3.16. The van der Waals surface area contributed by atoms with Crippen molar-refractivity contribution in [3.05, 3.63) is 12.2 Å². The molecule has 0 saturated carbocycles. The third-order valence-electron chi connectivity index (χ3n) is 2.28. The zero-order valence-corrected chi connectivity index (χ0v) is 5.31. The second-order valence-corrected chi connectivity index (χ2v) is 3.16. The summed E-state index contributed by atoms with van der Waals surface area (Å²) in [6.45, 7) is 1.31. The van der Waals surface area contributed by atoms with E-state index in [0.717, 1.165) is 18.0 Å². The van der Waals surface area contributed by atoms with E-state index >= 15 is 0 Å². The van der Waals surface area contributed by atoms with E-state index in [9.17, 15) is 4.48 Å². The predicted octanol–water partition coefficient (Wildman–Crippen LogP) is 1.52. The largest absolute Gasteiger partial charge is 0.145 e. The van der Waals surface area contributed by atoms with Crippen LogP contribution in [0.3, 0.4) is 0 Å². The van der Waals surface area contributed by atoms with E-state index in [1.54, 1.807) is 0 Å². The first-order valence-corrected chi connectivity index (χ1v) is 3.37. The number of hydrogen-bond donors (Lipinski definition) is 0. The van der Waals surface area contributed by atoms with Gasteiger partial charge in [-0.15, -0.1) is 9.60 Å². The van der Waals surface area contributed by atoms with Gasteiger partial charge in [0, 0.05) is 18.5 Å². The number of hydrogen-bond acceptors (Lipinski definition) is 1. The van der Waals surface area contributed by atoms with Crippen molar-refractivity contribution in [1.29, 1.82) is 0 Å². The molecule has 1 aliphatic heterocycles. The molecule has 0 radical (unpaired) electrons. The first-order chi connectivity index (χ1) is 4.31. The van der Waals surface area contributed by atoms with Gasteiger partial charge in [-0.25, -0.2) is 0 Å². The molecule has 0 N–H and O–H groups in total. The fourth-order valence-electron chi connectivity index (χ4n) is 1.69. The Morgan fingerprint density at radius 2 is 1.78 bits per heavy atom. The van der Waals surface area contributed by atoms with Crippen LogP contribution in [0.5, 0.6) is 0 Å². The number of rotatable bonds is 0. The summed E-state index contributed by atoms with van der Waals surface area (Å²) in [4.78, 5) is 0. The van der Waals surface area contributed by atoms with Crippen LogP contribution < -0.4 is 0 Å². The molecular formula is C7H10FN. The van der Waals surface area contributed by atoms with Gasteiger partial charge in [0.15, 0.2) is 0 Å². The van der Waals surface area contributed by atoms with Crippen molar-refractivity contribution >= 4 is 0 Å². The Morgan fingerprint density at radius 3 is 2.22 bits per heavy atom. The topological polar surface area (TPSA) is 3.24 Å². The minimum Gasteiger partial charge on any atom is -0.145 e. The maximum atomic E-state index is 12.2. The van der Waals surface area contributed by atoms with Gasteiger partial charge in [0.2, 0.25) is 0 Å². The molecule has 2 heteroatoms. The molecular weight excluding hydrogens is 117 g/mol. The first-order valence-electron chi connectivity index (χ1n) is 3.37. The van der Waals surface area contributed by atoms with Crippen LogP contribution in [-0.2, 0) is 0 Å². The van der Waals surface area contributed by atoms with Crippen molar-refractivity contribution < 1.29 is 4.48 Å². The zero-order valence-electron chi connectivity index (χ0n) is 5.31. The lowest BCUT2D eigenvalue weighted by Gasteiger charge is -2.42. The molecule has 1 heterocycles. The molecule has 0 atom stereocenters. The van der Waals surface area contributed by atoms with Gasteiger partial charge in [0.05, 0.1) is 0 Å². The molecule has 1 spiro atoms. The molecule has 0 unspecified atom stereocenters. The minimum atomic E-state index is 0.328. The standard InChI is InChI=1S/C7H10FN/c8-9-5-7(6-9)3-1-2-4-7/h1-2H,3-6H2. The quantitative estimate of drug-likeness (QED) is 0.352. The Balaban J connectivity index is 1.98. The van der Waals surface area contributed by atoms with Gasteiger partial charge in [-0.1, -0.05) is 12.2 Å². The van der Waals surface area contributed by atoms with E-state index in [4.69, 9.17) is 0 Å².